The number of carboxylic acid groups (broad SMARTS) is 1. The first-order chi connectivity index (χ1) is 6.77. The lowest BCUT2D eigenvalue weighted by Gasteiger charge is -2.29. The van der Waals surface area contributed by atoms with Gasteiger partial charge in [-0.15, -0.1) is 12.4 Å². The highest BCUT2D eigenvalue weighted by Crippen LogP contribution is 2.30. The van der Waals surface area contributed by atoms with Crippen LogP contribution < -0.4 is 5.32 Å². The van der Waals surface area contributed by atoms with Crippen LogP contribution in [-0.4, -0.2) is 23.7 Å². The Morgan fingerprint density at radius 1 is 1.20 bits per heavy atom. The molecule has 0 radical (unpaired) electrons. The fraction of sp³-hybridized carbons (Fsp3) is 0.909. The molecule has 0 aromatic heterocycles. The molecule has 2 aliphatic rings. The van der Waals surface area contributed by atoms with Gasteiger partial charge in [-0.05, 0) is 38.1 Å². The second-order valence-corrected chi connectivity index (χ2v) is 4.69. The van der Waals surface area contributed by atoms with Crippen molar-refractivity contribution in [3.8, 4) is 0 Å². The van der Waals surface area contributed by atoms with Crippen molar-refractivity contribution >= 4 is 18.4 Å². The van der Waals surface area contributed by atoms with E-state index in [0.717, 1.165) is 31.7 Å². The highest BCUT2D eigenvalue weighted by atomic mass is 35.5. The molecule has 15 heavy (non-hydrogen) atoms. The van der Waals surface area contributed by atoms with Crippen LogP contribution >= 0.6 is 12.4 Å². The normalized spacial score (nSPS) is 30.7. The van der Waals surface area contributed by atoms with Gasteiger partial charge in [0.1, 0.15) is 0 Å². The molecule has 0 bridgehead atoms. The summed E-state index contributed by atoms with van der Waals surface area (Å²) in [7, 11) is 0. The molecule has 0 saturated heterocycles. The third-order valence-corrected chi connectivity index (χ3v) is 3.45. The summed E-state index contributed by atoms with van der Waals surface area (Å²) in [5.41, 5.74) is 0. The van der Waals surface area contributed by atoms with E-state index in [9.17, 15) is 4.79 Å². The van der Waals surface area contributed by atoms with E-state index < -0.39 is 5.97 Å². The van der Waals surface area contributed by atoms with Gasteiger partial charge in [-0.3, -0.25) is 4.79 Å². The van der Waals surface area contributed by atoms with Crippen LogP contribution in [0.15, 0.2) is 0 Å². The molecule has 0 spiro atoms. The van der Waals surface area contributed by atoms with Gasteiger partial charge < -0.3 is 10.4 Å². The molecule has 2 saturated carbocycles. The number of rotatable bonds is 4. The van der Waals surface area contributed by atoms with Gasteiger partial charge in [0.15, 0.2) is 0 Å². The van der Waals surface area contributed by atoms with Crippen LogP contribution in [0.4, 0.5) is 0 Å². The quantitative estimate of drug-likeness (QED) is 0.782. The summed E-state index contributed by atoms with van der Waals surface area (Å²) in [5, 5.41) is 12.5. The molecule has 0 aromatic rings. The summed E-state index contributed by atoms with van der Waals surface area (Å²) in [5.74, 6) is 0.0897. The molecule has 2 unspecified atom stereocenters. The molecule has 0 heterocycles. The predicted octanol–water partition coefficient (Wildman–Crippen LogP) is 2.05. The van der Waals surface area contributed by atoms with Crippen LogP contribution in [0.25, 0.3) is 0 Å². The standard InChI is InChI=1S/C11H19NO2.ClH/c13-11(14)9-3-1-2-4-10(9)12-7-8-5-6-8;/h8-10,12H,1-7H2,(H,13,14);1H. The Kier molecular flexibility index (Phi) is 4.87. The number of hydrogen-bond donors (Lipinski definition) is 2. The first-order valence-electron chi connectivity index (χ1n) is 5.73. The minimum atomic E-state index is -0.613. The lowest BCUT2D eigenvalue weighted by molar-refractivity contribution is -0.143. The highest BCUT2D eigenvalue weighted by molar-refractivity contribution is 5.85. The topological polar surface area (TPSA) is 49.3 Å². The summed E-state index contributed by atoms with van der Waals surface area (Å²) >= 11 is 0. The Hall–Kier alpha value is -0.280. The smallest absolute Gasteiger partial charge is 0.308 e. The molecule has 0 aromatic carbocycles. The summed E-state index contributed by atoms with van der Waals surface area (Å²) < 4.78 is 0. The average molecular weight is 234 g/mol. The number of halogens is 1. The first-order valence-corrected chi connectivity index (χ1v) is 5.73. The van der Waals surface area contributed by atoms with Crippen LogP contribution in [0.2, 0.25) is 0 Å². The van der Waals surface area contributed by atoms with E-state index in [-0.39, 0.29) is 24.4 Å². The van der Waals surface area contributed by atoms with E-state index in [1.807, 2.05) is 0 Å². The molecule has 2 atom stereocenters. The van der Waals surface area contributed by atoms with Crippen molar-refractivity contribution in [2.75, 3.05) is 6.54 Å². The maximum atomic E-state index is 11.0. The number of hydrogen-bond acceptors (Lipinski definition) is 2. The van der Waals surface area contributed by atoms with Gasteiger partial charge in [0.2, 0.25) is 0 Å². The van der Waals surface area contributed by atoms with E-state index in [1.165, 1.54) is 19.3 Å². The van der Waals surface area contributed by atoms with Crippen molar-refractivity contribution in [3.63, 3.8) is 0 Å². The predicted molar refractivity (Wildman–Crippen MR) is 61.4 cm³/mol. The minimum absolute atomic E-state index is 0. The van der Waals surface area contributed by atoms with E-state index >= 15 is 0 Å². The zero-order chi connectivity index (χ0) is 9.97. The number of aliphatic carboxylic acids is 1. The van der Waals surface area contributed by atoms with Crippen LogP contribution in [-0.2, 0) is 4.79 Å². The van der Waals surface area contributed by atoms with Gasteiger partial charge in [0, 0.05) is 6.04 Å². The van der Waals surface area contributed by atoms with Crippen molar-refractivity contribution in [2.45, 2.75) is 44.6 Å². The van der Waals surface area contributed by atoms with Crippen molar-refractivity contribution in [2.24, 2.45) is 11.8 Å². The third-order valence-electron chi connectivity index (χ3n) is 3.45. The maximum absolute atomic E-state index is 11.0. The van der Waals surface area contributed by atoms with Crippen molar-refractivity contribution in [1.29, 1.82) is 0 Å². The largest absolute Gasteiger partial charge is 0.481 e. The summed E-state index contributed by atoms with van der Waals surface area (Å²) in [6.45, 7) is 1.04. The zero-order valence-electron chi connectivity index (χ0n) is 8.95. The van der Waals surface area contributed by atoms with E-state index in [1.54, 1.807) is 0 Å². The average Bonchev–Trinajstić information content (AvgIpc) is 2.98. The Balaban J connectivity index is 0.00000112. The Labute approximate surface area is 97.0 Å². The Morgan fingerprint density at radius 2 is 1.87 bits per heavy atom. The van der Waals surface area contributed by atoms with Crippen LogP contribution in [0.5, 0.6) is 0 Å². The molecular weight excluding hydrogens is 214 g/mol. The lowest BCUT2D eigenvalue weighted by Crippen LogP contribution is -2.43. The third kappa shape index (κ3) is 3.65. The Bertz CT molecular complexity index is 219. The van der Waals surface area contributed by atoms with E-state index in [0.29, 0.717) is 0 Å². The molecule has 0 amide bonds. The number of nitrogens with one attached hydrogen (secondary N) is 1. The van der Waals surface area contributed by atoms with Gasteiger partial charge in [-0.25, -0.2) is 0 Å². The maximum Gasteiger partial charge on any atom is 0.308 e. The monoisotopic (exact) mass is 233 g/mol. The van der Waals surface area contributed by atoms with Gasteiger partial charge in [0.05, 0.1) is 5.92 Å². The second-order valence-electron chi connectivity index (χ2n) is 4.69. The molecular formula is C11H20ClNO2. The van der Waals surface area contributed by atoms with Gasteiger partial charge in [0.25, 0.3) is 0 Å². The number of carbonyl (C=O) groups is 1. The second kappa shape index (κ2) is 5.71. The van der Waals surface area contributed by atoms with E-state index in [4.69, 9.17) is 5.11 Å². The fourth-order valence-corrected chi connectivity index (χ4v) is 2.31. The molecule has 88 valence electrons. The minimum Gasteiger partial charge on any atom is -0.481 e. The molecule has 2 N–H and O–H groups in total. The SMILES string of the molecule is Cl.O=C(O)C1CCCCC1NCC1CC1. The van der Waals surface area contributed by atoms with Crippen molar-refractivity contribution < 1.29 is 9.90 Å². The molecule has 4 heteroatoms. The number of carboxylic acids is 1. The van der Waals surface area contributed by atoms with Crippen LogP contribution in [0, 0.1) is 11.8 Å². The summed E-state index contributed by atoms with van der Waals surface area (Å²) in [4.78, 5) is 11.0. The summed E-state index contributed by atoms with van der Waals surface area (Å²) in [6.07, 6.45) is 6.83. The van der Waals surface area contributed by atoms with Gasteiger partial charge in [-0.1, -0.05) is 12.8 Å². The molecule has 2 rings (SSSR count). The van der Waals surface area contributed by atoms with Crippen molar-refractivity contribution in [1.82, 2.24) is 5.32 Å². The molecule has 2 aliphatic carbocycles. The van der Waals surface area contributed by atoms with Crippen LogP contribution in [0.1, 0.15) is 38.5 Å². The van der Waals surface area contributed by atoms with Crippen LogP contribution in [0.3, 0.4) is 0 Å². The molecule has 3 nitrogen and oxygen atoms in total. The van der Waals surface area contributed by atoms with Gasteiger partial charge >= 0.3 is 5.97 Å². The highest BCUT2D eigenvalue weighted by Gasteiger charge is 2.31. The zero-order valence-corrected chi connectivity index (χ0v) is 9.76. The molecule has 0 aliphatic heterocycles. The van der Waals surface area contributed by atoms with Gasteiger partial charge in [-0.2, -0.15) is 0 Å². The lowest BCUT2D eigenvalue weighted by atomic mass is 9.84. The fourth-order valence-electron chi connectivity index (χ4n) is 2.31. The van der Waals surface area contributed by atoms with Crippen molar-refractivity contribution in [3.05, 3.63) is 0 Å². The Morgan fingerprint density at radius 3 is 2.47 bits per heavy atom. The first kappa shape index (κ1) is 12.8. The molecule has 2 fully saturated rings. The van der Waals surface area contributed by atoms with E-state index in [2.05, 4.69) is 5.32 Å². The summed E-state index contributed by atoms with van der Waals surface area (Å²) in [6, 6.07) is 0.238.